The molecule has 0 aliphatic carbocycles. The predicted molar refractivity (Wildman–Crippen MR) is 102 cm³/mol. The fourth-order valence-electron chi connectivity index (χ4n) is 3.10. The van der Waals surface area contributed by atoms with Gasteiger partial charge < -0.3 is 0 Å². The van der Waals surface area contributed by atoms with E-state index in [1.807, 2.05) is 36.5 Å². The molecule has 0 N–H and O–H groups in total. The molecule has 0 spiro atoms. The summed E-state index contributed by atoms with van der Waals surface area (Å²) in [5.74, 6) is 0. The van der Waals surface area contributed by atoms with Gasteiger partial charge >= 0.3 is 0 Å². The van der Waals surface area contributed by atoms with Gasteiger partial charge in [0, 0.05) is 23.1 Å². The van der Waals surface area contributed by atoms with Crippen LogP contribution in [0, 0.1) is 0 Å². The van der Waals surface area contributed by atoms with E-state index in [4.69, 9.17) is 0 Å². The van der Waals surface area contributed by atoms with Crippen molar-refractivity contribution in [1.82, 2.24) is 19.3 Å². The van der Waals surface area contributed by atoms with Crippen LogP contribution in [-0.4, -0.2) is 40.8 Å². The maximum absolute atomic E-state index is 12.8. The standard InChI is InChI=1S/C18H17BrN4O2S/c19-15-6-8-17(9-7-15)26(24,25)22-11-10-16(12-22)23-13-18(20-21-23)14-4-2-1-3-5-14/h1-9,13,16H,10-12H2. The highest BCUT2D eigenvalue weighted by molar-refractivity contribution is 9.10. The van der Waals surface area contributed by atoms with Crippen LogP contribution in [0.2, 0.25) is 0 Å². The van der Waals surface area contributed by atoms with Crippen LogP contribution in [0.4, 0.5) is 0 Å². The van der Waals surface area contributed by atoms with E-state index in [0.717, 1.165) is 15.7 Å². The first kappa shape index (κ1) is 17.4. The van der Waals surface area contributed by atoms with Crippen LogP contribution < -0.4 is 0 Å². The van der Waals surface area contributed by atoms with Crippen LogP contribution in [0.25, 0.3) is 11.3 Å². The second-order valence-corrected chi connectivity index (χ2v) is 9.06. The Hall–Kier alpha value is -2.03. The van der Waals surface area contributed by atoms with Gasteiger partial charge in [-0.2, -0.15) is 4.31 Å². The second kappa shape index (κ2) is 6.94. The number of benzene rings is 2. The molecule has 1 aromatic heterocycles. The van der Waals surface area contributed by atoms with E-state index in [0.29, 0.717) is 24.4 Å². The average Bonchev–Trinajstić information content (AvgIpc) is 3.33. The summed E-state index contributed by atoms with van der Waals surface area (Å²) >= 11 is 3.33. The van der Waals surface area contributed by atoms with Crippen molar-refractivity contribution in [3.63, 3.8) is 0 Å². The minimum atomic E-state index is -3.49. The normalized spacial score (nSPS) is 18.3. The minimum Gasteiger partial charge on any atom is -0.247 e. The lowest BCUT2D eigenvalue weighted by atomic mass is 10.2. The lowest BCUT2D eigenvalue weighted by Gasteiger charge is -2.16. The summed E-state index contributed by atoms with van der Waals surface area (Å²) in [6, 6.07) is 16.5. The van der Waals surface area contributed by atoms with Gasteiger partial charge in [0.1, 0.15) is 5.69 Å². The maximum atomic E-state index is 12.8. The number of hydrogen-bond donors (Lipinski definition) is 0. The number of aromatic nitrogens is 3. The van der Waals surface area contributed by atoms with Crippen LogP contribution in [0.1, 0.15) is 12.5 Å². The van der Waals surface area contributed by atoms with Crippen LogP contribution in [0.3, 0.4) is 0 Å². The van der Waals surface area contributed by atoms with Crippen molar-refractivity contribution in [2.45, 2.75) is 17.4 Å². The van der Waals surface area contributed by atoms with Crippen LogP contribution >= 0.6 is 15.9 Å². The van der Waals surface area contributed by atoms with Gasteiger partial charge in [0.25, 0.3) is 0 Å². The maximum Gasteiger partial charge on any atom is 0.243 e. The quantitative estimate of drug-likeness (QED) is 0.633. The summed E-state index contributed by atoms with van der Waals surface area (Å²) < 4.78 is 29.8. The molecule has 1 unspecified atom stereocenters. The molecule has 4 rings (SSSR count). The molecule has 6 nitrogen and oxygen atoms in total. The molecule has 0 saturated carbocycles. The first-order valence-corrected chi connectivity index (χ1v) is 10.5. The van der Waals surface area contributed by atoms with E-state index in [-0.39, 0.29) is 6.04 Å². The lowest BCUT2D eigenvalue weighted by Crippen LogP contribution is -2.29. The molecular formula is C18H17BrN4O2S. The second-order valence-electron chi connectivity index (χ2n) is 6.21. The Morgan fingerprint density at radius 1 is 1.04 bits per heavy atom. The average molecular weight is 433 g/mol. The van der Waals surface area contributed by atoms with Crippen molar-refractivity contribution in [2.24, 2.45) is 0 Å². The van der Waals surface area contributed by atoms with Gasteiger partial charge in [-0.1, -0.05) is 51.5 Å². The molecule has 0 radical (unpaired) electrons. The molecule has 1 fully saturated rings. The first-order chi connectivity index (χ1) is 12.5. The molecule has 0 bridgehead atoms. The van der Waals surface area contributed by atoms with Gasteiger partial charge in [-0.05, 0) is 30.7 Å². The number of rotatable bonds is 4. The monoisotopic (exact) mass is 432 g/mol. The summed E-state index contributed by atoms with van der Waals surface area (Å²) in [7, 11) is -3.49. The Labute approximate surface area is 160 Å². The summed E-state index contributed by atoms with van der Waals surface area (Å²) in [5, 5.41) is 8.44. The molecule has 26 heavy (non-hydrogen) atoms. The first-order valence-electron chi connectivity index (χ1n) is 8.27. The van der Waals surface area contributed by atoms with Gasteiger partial charge in [0.2, 0.25) is 10.0 Å². The summed E-state index contributed by atoms with van der Waals surface area (Å²) in [4.78, 5) is 0.310. The SMILES string of the molecule is O=S(=O)(c1ccc(Br)cc1)N1CCC(n2cc(-c3ccccc3)nn2)C1. The van der Waals surface area contributed by atoms with Crippen molar-refractivity contribution < 1.29 is 8.42 Å². The minimum absolute atomic E-state index is 0.00909. The van der Waals surface area contributed by atoms with Crippen molar-refractivity contribution in [2.75, 3.05) is 13.1 Å². The molecule has 1 aliphatic heterocycles. The molecule has 8 heteroatoms. The summed E-state index contributed by atoms with van der Waals surface area (Å²) in [6.07, 6.45) is 2.60. The Morgan fingerprint density at radius 2 is 1.77 bits per heavy atom. The van der Waals surface area contributed by atoms with E-state index in [1.165, 1.54) is 4.31 Å². The number of halogens is 1. The Bertz CT molecular complexity index is 1000. The number of sulfonamides is 1. The number of nitrogens with zero attached hydrogens (tertiary/aromatic N) is 4. The molecule has 2 heterocycles. The van der Waals surface area contributed by atoms with Crippen molar-refractivity contribution in [1.29, 1.82) is 0 Å². The van der Waals surface area contributed by atoms with E-state index in [9.17, 15) is 8.42 Å². The largest absolute Gasteiger partial charge is 0.247 e. The van der Waals surface area contributed by atoms with Gasteiger partial charge in [0.05, 0.1) is 17.1 Å². The summed E-state index contributed by atoms with van der Waals surface area (Å²) in [6.45, 7) is 0.875. The zero-order valence-electron chi connectivity index (χ0n) is 13.9. The third-order valence-corrected chi connectivity index (χ3v) is 6.94. The van der Waals surface area contributed by atoms with Gasteiger partial charge in [0.15, 0.2) is 0 Å². The Kier molecular flexibility index (Phi) is 4.64. The lowest BCUT2D eigenvalue weighted by molar-refractivity contribution is 0.428. The van der Waals surface area contributed by atoms with Crippen molar-refractivity contribution in [3.8, 4) is 11.3 Å². The van der Waals surface area contributed by atoms with Crippen LogP contribution in [0.5, 0.6) is 0 Å². The van der Waals surface area contributed by atoms with Crippen molar-refractivity contribution >= 4 is 26.0 Å². The molecule has 1 aliphatic rings. The topological polar surface area (TPSA) is 68.1 Å². The highest BCUT2D eigenvalue weighted by Gasteiger charge is 2.33. The Morgan fingerprint density at radius 3 is 2.50 bits per heavy atom. The van der Waals surface area contributed by atoms with Gasteiger partial charge in [-0.3, -0.25) is 0 Å². The van der Waals surface area contributed by atoms with Crippen LogP contribution in [-0.2, 0) is 10.0 Å². The van der Waals surface area contributed by atoms with Crippen LogP contribution in [0.15, 0.2) is 70.2 Å². The molecule has 134 valence electrons. The predicted octanol–water partition coefficient (Wildman–Crippen LogP) is 3.34. The molecule has 0 amide bonds. The highest BCUT2D eigenvalue weighted by Crippen LogP contribution is 2.28. The molecular weight excluding hydrogens is 416 g/mol. The summed E-state index contributed by atoms with van der Waals surface area (Å²) in [5.41, 5.74) is 1.79. The third kappa shape index (κ3) is 3.32. The molecule has 3 aromatic rings. The fraction of sp³-hybridized carbons (Fsp3) is 0.222. The molecule has 2 aromatic carbocycles. The zero-order chi connectivity index (χ0) is 18.1. The van der Waals surface area contributed by atoms with Gasteiger partial charge in [-0.15, -0.1) is 5.10 Å². The van der Waals surface area contributed by atoms with E-state index < -0.39 is 10.0 Å². The fourth-order valence-corrected chi connectivity index (χ4v) is 4.85. The smallest absolute Gasteiger partial charge is 0.243 e. The van der Waals surface area contributed by atoms with E-state index in [2.05, 4.69) is 26.2 Å². The van der Waals surface area contributed by atoms with E-state index >= 15 is 0 Å². The van der Waals surface area contributed by atoms with Gasteiger partial charge in [-0.25, -0.2) is 13.1 Å². The molecule has 1 saturated heterocycles. The Balaban J connectivity index is 1.52. The molecule has 1 atom stereocenters. The van der Waals surface area contributed by atoms with Crippen molar-refractivity contribution in [3.05, 3.63) is 65.3 Å². The van der Waals surface area contributed by atoms with E-state index in [1.54, 1.807) is 28.9 Å². The number of hydrogen-bond acceptors (Lipinski definition) is 4. The highest BCUT2D eigenvalue weighted by atomic mass is 79.9. The zero-order valence-corrected chi connectivity index (χ0v) is 16.3. The third-order valence-electron chi connectivity index (χ3n) is 4.53.